The molecule has 1 heterocycles. The van der Waals surface area contributed by atoms with Crippen LogP contribution in [0.25, 0.3) is 0 Å². The molecule has 2 nitrogen and oxygen atoms in total. The van der Waals surface area contributed by atoms with Crippen LogP contribution in [0.3, 0.4) is 0 Å². The Hall–Kier alpha value is -1.45. The van der Waals surface area contributed by atoms with Gasteiger partial charge in [-0.1, -0.05) is 30.3 Å². The first-order chi connectivity index (χ1) is 10.3. The maximum absolute atomic E-state index is 6.10. The van der Waals surface area contributed by atoms with E-state index in [2.05, 4.69) is 47.9 Å². The van der Waals surface area contributed by atoms with E-state index in [0.717, 1.165) is 36.7 Å². The summed E-state index contributed by atoms with van der Waals surface area (Å²) in [5.74, 6) is 0.944. The number of likely N-dealkylation sites (tertiary alicyclic amines) is 1. The number of hydrogen-bond donors (Lipinski definition) is 1. The van der Waals surface area contributed by atoms with Gasteiger partial charge in [0.1, 0.15) is 11.9 Å². The first-order valence-electron chi connectivity index (χ1n) is 7.51. The summed E-state index contributed by atoms with van der Waals surface area (Å²) >= 11 is 4.30. The van der Waals surface area contributed by atoms with Gasteiger partial charge in [0.05, 0.1) is 0 Å². The van der Waals surface area contributed by atoms with Crippen molar-refractivity contribution >= 4 is 12.6 Å². The van der Waals surface area contributed by atoms with Gasteiger partial charge in [-0.25, -0.2) is 0 Å². The second-order valence-electron chi connectivity index (χ2n) is 5.60. The summed E-state index contributed by atoms with van der Waals surface area (Å²) < 4.78 is 6.10. The van der Waals surface area contributed by atoms with Gasteiger partial charge in [0.2, 0.25) is 0 Å². The van der Waals surface area contributed by atoms with Crippen molar-refractivity contribution in [3.8, 4) is 5.75 Å². The molecule has 3 heteroatoms. The van der Waals surface area contributed by atoms with Gasteiger partial charge in [-0.2, -0.15) is 0 Å². The molecule has 0 bridgehead atoms. The SMILES string of the molecule is Sc1ccc(OC2CCCN(Cc3ccccc3)C2)cc1. The van der Waals surface area contributed by atoms with Crippen molar-refractivity contribution in [2.24, 2.45) is 0 Å². The summed E-state index contributed by atoms with van der Waals surface area (Å²) in [7, 11) is 0. The van der Waals surface area contributed by atoms with Crippen LogP contribution in [0.2, 0.25) is 0 Å². The topological polar surface area (TPSA) is 12.5 Å². The molecule has 1 atom stereocenters. The molecule has 0 saturated carbocycles. The molecule has 0 N–H and O–H groups in total. The maximum Gasteiger partial charge on any atom is 0.119 e. The Morgan fingerprint density at radius 3 is 2.57 bits per heavy atom. The molecule has 1 unspecified atom stereocenters. The van der Waals surface area contributed by atoms with Crippen molar-refractivity contribution in [3.63, 3.8) is 0 Å². The van der Waals surface area contributed by atoms with E-state index in [1.807, 2.05) is 24.3 Å². The third kappa shape index (κ3) is 4.26. The lowest BCUT2D eigenvalue weighted by Gasteiger charge is -2.33. The van der Waals surface area contributed by atoms with Gasteiger partial charge in [-0.15, -0.1) is 12.6 Å². The number of piperidine rings is 1. The van der Waals surface area contributed by atoms with Crippen molar-refractivity contribution in [2.75, 3.05) is 13.1 Å². The Morgan fingerprint density at radius 2 is 1.81 bits per heavy atom. The van der Waals surface area contributed by atoms with Gasteiger partial charge in [-0.3, -0.25) is 4.90 Å². The second-order valence-corrected chi connectivity index (χ2v) is 6.11. The van der Waals surface area contributed by atoms with Crippen LogP contribution < -0.4 is 4.74 Å². The maximum atomic E-state index is 6.10. The van der Waals surface area contributed by atoms with Gasteiger partial charge < -0.3 is 4.74 Å². The van der Waals surface area contributed by atoms with Crippen molar-refractivity contribution < 1.29 is 4.74 Å². The van der Waals surface area contributed by atoms with Gasteiger partial charge in [0, 0.05) is 18.0 Å². The van der Waals surface area contributed by atoms with Crippen molar-refractivity contribution in [3.05, 3.63) is 60.2 Å². The molecular formula is C18H21NOS. The standard InChI is InChI=1S/C18H21NOS/c21-18-10-8-16(9-11-18)20-17-7-4-12-19(14-17)13-15-5-2-1-3-6-15/h1-3,5-6,8-11,17,21H,4,7,12-14H2. The van der Waals surface area contributed by atoms with Crippen molar-refractivity contribution in [1.82, 2.24) is 4.90 Å². The lowest BCUT2D eigenvalue weighted by atomic mass is 10.1. The normalized spacial score (nSPS) is 19.4. The average molecular weight is 299 g/mol. The lowest BCUT2D eigenvalue weighted by molar-refractivity contribution is 0.0843. The summed E-state index contributed by atoms with van der Waals surface area (Å²) in [6, 6.07) is 18.6. The fraction of sp³-hybridized carbons (Fsp3) is 0.333. The summed E-state index contributed by atoms with van der Waals surface area (Å²) in [5, 5.41) is 0. The highest BCUT2D eigenvalue weighted by Crippen LogP contribution is 2.21. The van der Waals surface area contributed by atoms with Crippen LogP contribution in [-0.4, -0.2) is 24.1 Å². The van der Waals surface area contributed by atoms with E-state index >= 15 is 0 Å². The van der Waals surface area contributed by atoms with E-state index in [1.54, 1.807) is 0 Å². The fourth-order valence-corrected chi connectivity index (χ4v) is 2.96. The zero-order valence-electron chi connectivity index (χ0n) is 12.1. The van der Waals surface area contributed by atoms with Crippen LogP contribution >= 0.6 is 12.6 Å². The lowest BCUT2D eigenvalue weighted by Crippen LogP contribution is -2.40. The summed E-state index contributed by atoms with van der Waals surface area (Å²) in [6.07, 6.45) is 2.61. The zero-order valence-corrected chi connectivity index (χ0v) is 13.0. The number of nitrogens with zero attached hydrogens (tertiary/aromatic N) is 1. The third-order valence-corrected chi connectivity index (χ3v) is 4.15. The minimum absolute atomic E-state index is 0.285. The zero-order chi connectivity index (χ0) is 14.5. The van der Waals surface area contributed by atoms with E-state index in [1.165, 1.54) is 12.0 Å². The number of ether oxygens (including phenoxy) is 1. The summed E-state index contributed by atoms with van der Waals surface area (Å²) in [5.41, 5.74) is 1.37. The van der Waals surface area contributed by atoms with E-state index < -0.39 is 0 Å². The van der Waals surface area contributed by atoms with Gasteiger partial charge >= 0.3 is 0 Å². The molecule has 2 aromatic rings. The highest BCUT2D eigenvalue weighted by Gasteiger charge is 2.21. The predicted octanol–water partition coefficient (Wildman–Crippen LogP) is 4.02. The molecule has 0 aliphatic carbocycles. The largest absolute Gasteiger partial charge is 0.489 e. The Bertz CT molecular complexity index is 555. The quantitative estimate of drug-likeness (QED) is 0.856. The smallest absolute Gasteiger partial charge is 0.119 e. The molecule has 21 heavy (non-hydrogen) atoms. The van der Waals surface area contributed by atoms with Crippen molar-refractivity contribution in [1.29, 1.82) is 0 Å². The van der Waals surface area contributed by atoms with E-state index in [9.17, 15) is 0 Å². The van der Waals surface area contributed by atoms with Crippen LogP contribution in [0.15, 0.2) is 59.5 Å². The molecule has 110 valence electrons. The molecule has 0 radical (unpaired) electrons. The van der Waals surface area contributed by atoms with Crippen LogP contribution in [0.1, 0.15) is 18.4 Å². The van der Waals surface area contributed by atoms with Gasteiger partial charge in [0.25, 0.3) is 0 Å². The molecule has 3 rings (SSSR count). The van der Waals surface area contributed by atoms with Crippen LogP contribution in [0, 0.1) is 0 Å². The molecule has 0 amide bonds. The minimum Gasteiger partial charge on any atom is -0.489 e. The molecule has 1 saturated heterocycles. The molecule has 1 aliphatic heterocycles. The summed E-state index contributed by atoms with van der Waals surface area (Å²) in [6.45, 7) is 3.16. The molecule has 2 aromatic carbocycles. The fourth-order valence-electron chi connectivity index (χ4n) is 2.81. The summed E-state index contributed by atoms with van der Waals surface area (Å²) in [4.78, 5) is 3.45. The Balaban J connectivity index is 1.57. The number of rotatable bonds is 4. The molecule has 0 spiro atoms. The predicted molar refractivity (Wildman–Crippen MR) is 89.1 cm³/mol. The number of thiol groups is 1. The van der Waals surface area contributed by atoms with Crippen molar-refractivity contribution in [2.45, 2.75) is 30.4 Å². The number of hydrogen-bond acceptors (Lipinski definition) is 3. The number of benzene rings is 2. The van der Waals surface area contributed by atoms with Gasteiger partial charge in [0.15, 0.2) is 0 Å². The Morgan fingerprint density at radius 1 is 1.05 bits per heavy atom. The highest BCUT2D eigenvalue weighted by atomic mass is 32.1. The van der Waals surface area contributed by atoms with Gasteiger partial charge in [-0.05, 0) is 49.2 Å². The molecule has 1 fully saturated rings. The molecule has 0 aromatic heterocycles. The Kier molecular flexibility index (Phi) is 4.84. The van der Waals surface area contributed by atoms with Crippen LogP contribution in [0.4, 0.5) is 0 Å². The Labute approximate surface area is 132 Å². The average Bonchev–Trinajstić information content (AvgIpc) is 2.51. The minimum atomic E-state index is 0.285. The van der Waals surface area contributed by atoms with E-state index in [-0.39, 0.29) is 6.10 Å². The third-order valence-electron chi connectivity index (χ3n) is 3.85. The first kappa shape index (κ1) is 14.5. The second kappa shape index (κ2) is 7.01. The molecule has 1 aliphatic rings. The monoisotopic (exact) mass is 299 g/mol. The van der Waals surface area contributed by atoms with Crippen LogP contribution in [0.5, 0.6) is 5.75 Å². The first-order valence-corrected chi connectivity index (χ1v) is 7.96. The van der Waals surface area contributed by atoms with Crippen LogP contribution in [-0.2, 0) is 6.54 Å². The highest BCUT2D eigenvalue weighted by molar-refractivity contribution is 7.80. The van der Waals surface area contributed by atoms with E-state index in [0.29, 0.717) is 0 Å². The molecular weight excluding hydrogens is 278 g/mol. The van der Waals surface area contributed by atoms with E-state index in [4.69, 9.17) is 4.74 Å².